The minimum Gasteiger partial charge on any atom is -0.493 e. The lowest BCUT2D eigenvalue weighted by molar-refractivity contribution is -0.366. The molecule has 0 saturated heterocycles. The van der Waals surface area contributed by atoms with Crippen molar-refractivity contribution in [2.45, 2.75) is 6.42 Å². The fourth-order valence-corrected chi connectivity index (χ4v) is 1.24. The molecule has 0 aliphatic carbocycles. The molecule has 3 heteroatoms. The highest BCUT2D eigenvalue weighted by Crippen LogP contribution is 2.27. The molecular weight excluding hydrogens is 166 g/mol. The van der Waals surface area contributed by atoms with E-state index < -0.39 is 0 Å². The van der Waals surface area contributed by atoms with Crippen LogP contribution in [0.1, 0.15) is 5.56 Å². The van der Waals surface area contributed by atoms with E-state index in [2.05, 4.69) is 5.73 Å². The van der Waals surface area contributed by atoms with E-state index in [-0.39, 0.29) is 0 Å². The van der Waals surface area contributed by atoms with Crippen LogP contribution < -0.4 is 15.2 Å². The van der Waals surface area contributed by atoms with Crippen molar-refractivity contribution in [1.29, 1.82) is 0 Å². The Morgan fingerprint density at radius 3 is 2.38 bits per heavy atom. The highest BCUT2D eigenvalue weighted by Gasteiger charge is 2.03. The van der Waals surface area contributed by atoms with Crippen molar-refractivity contribution in [2.24, 2.45) is 0 Å². The monoisotopic (exact) mass is 182 g/mol. The average Bonchev–Trinajstić information content (AvgIpc) is 2.18. The van der Waals surface area contributed by atoms with Crippen molar-refractivity contribution >= 4 is 0 Å². The van der Waals surface area contributed by atoms with Gasteiger partial charge in [0.2, 0.25) is 0 Å². The molecule has 0 aliphatic rings. The van der Waals surface area contributed by atoms with E-state index in [1.165, 1.54) is 5.56 Å². The van der Waals surface area contributed by atoms with Gasteiger partial charge in [-0.05, 0) is 17.7 Å². The summed E-state index contributed by atoms with van der Waals surface area (Å²) in [6, 6.07) is 5.94. The lowest BCUT2D eigenvalue weighted by Gasteiger charge is -2.08. The maximum Gasteiger partial charge on any atom is 0.160 e. The van der Waals surface area contributed by atoms with Gasteiger partial charge in [0.05, 0.1) is 20.8 Å². The van der Waals surface area contributed by atoms with Gasteiger partial charge >= 0.3 is 0 Å². The first-order valence-corrected chi connectivity index (χ1v) is 4.32. The topological polar surface area (TPSA) is 46.1 Å². The second-order valence-electron chi connectivity index (χ2n) is 2.79. The first kappa shape index (κ1) is 9.86. The minimum absolute atomic E-state index is 0.773. The van der Waals surface area contributed by atoms with Crippen molar-refractivity contribution < 1.29 is 15.2 Å². The third kappa shape index (κ3) is 2.36. The normalized spacial score (nSPS) is 9.77. The Hall–Kier alpha value is -1.22. The maximum atomic E-state index is 5.18. The van der Waals surface area contributed by atoms with Crippen LogP contribution in [0.15, 0.2) is 18.2 Å². The van der Waals surface area contributed by atoms with Crippen molar-refractivity contribution in [1.82, 2.24) is 0 Å². The van der Waals surface area contributed by atoms with Gasteiger partial charge < -0.3 is 15.2 Å². The van der Waals surface area contributed by atoms with Gasteiger partial charge in [0.1, 0.15) is 0 Å². The van der Waals surface area contributed by atoms with Gasteiger partial charge in [-0.1, -0.05) is 6.07 Å². The molecule has 0 unspecified atom stereocenters. The molecule has 0 aromatic heterocycles. The minimum atomic E-state index is 0.773. The Bertz CT molecular complexity index is 274. The second-order valence-corrected chi connectivity index (χ2v) is 2.79. The molecule has 72 valence electrons. The van der Waals surface area contributed by atoms with E-state index >= 15 is 0 Å². The summed E-state index contributed by atoms with van der Waals surface area (Å²) < 4.78 is 10.3. The molecule has 1 aromatic carbocycles. The van der Waals surface area contributed by atoms with E-state index in [4.69, 9.17) is 9.47 Å². The van der Waals surface area contributed by atoms with Crippen molar-refractivity contribution in [2.75, 3.05) is 20.8 Å². The highest BCUT2D eigenvalue weighted by atomic mass is 16.5. The maximum absolute atomic E-state index is 5.18. The summed E-state index contributed by atoms with van der Waals surface area (Å²) in [6.45, 7) is 0.898. The van der Waals surface area contributed by atoms with Gasteiger partial charge in [-0.25, -0.2) is 0 Å². The molecule has 0 fully saturated rings. The number of hydrogen-bond donors (Lipinski definition) is 1. The lowest BCUT2D eigenvalue weighted by Crippen LogP contribution is -2.51. The largest absolute Gasteiger partial charge is 0.493 e. The molecule has 0 atom stereocenters. The number of hydrogen-bond acceptors (Lipinski definition) is 2. The number of benzene rings is 1. The summed E-state index contributed by atoms with van der Waals surface area (Å²) in [5.41, 5.74) is 5.04. The average molecular weight is 182 g/mol. The number of quaternary nitrogens is 1. The van der Waals surface area contributed by atoms with E-state index in [1.54, 1.807) is 14.2 Å². The molecular formula is C10H16NO2+. The first-order chi connectivity index (χ1) is 6.31. The molecule has 0 radical (unpaired) electrons. The summed E-state index contributed by atoms with van der Waals surface area (Å²) in [6.07, 6.45) is 0.973. The SMILES string of the molecule is COc1ccc(CC[NH3+])cc1OC. The molecule has 3 nitrogen and oxygen atoms in total. The number of ether oxygens (including phenoxy) is 2. The van der Waals surface area contributed by atoms with Gasteiger partial charge in [-0.2, -0.15) is 0 Å². The van der Waals surface area contributed by atoms with Crippen LogP contribution in [0.4, 0.5) is 0 Å². The standard InChI is InChI=1S/C10H15NO2/c1-12-9-4-3-8(5-6-11)7-10(9)13-2/h3-4,7H,5-6,11H2,1-2H3/p+1. The van der Waals surface area contributed by atoms with Gasteiger partial charge in [0.15, 0.2) is 11.5 Å². The van der Waals surface area contributed by atoms with E-state index in [1.807, 2.05) is 18.2 Å². The summed E-state index contributed by atoms with van der Waals surface area (Å²) in [5.74, 6) is 1.56. The fourth-order valence-electron chi connectivity index (χ4n) is 1.24. The Morgan fingerprint density at radius 2 is 1.85 bits per heavy atom. The second kappa shape index (κ2) is 4.72. The van der Waals surface area contributed by atoms with Crippen LogP contribution in [0.3, 0.4) is 0 Å². The lowest BCUT2D eigenvalue weighted by atomic mass is 10.1. The molecule has 3 N–H and O–H groups in total. The zero-order valence-electron chi connectivity index (χ0n) is 8.17. The zero-order valence-corrected chi connectivity index (χ0v) is 8.17. The molecule has 1 aromatic rings. The van der Waals surface area contributed by atoms with Crippen LogP contribution in [0.2, 0.25) is 0 Å². The Kier molecular flexibility index (Phi) is 3.58. The molecule has 0 saturated carbocycles. The van der Waals surface area contributed by atoms with Crippen LogP contribution in [0, 0.1) is 0 Å². The first-order valence-electron chi connectivity index (χ1n) is 4.32. The summed E-state index contributed by atoms with van der Waals surface area (Å²) in [5, 5.41) is 0. The van der Waals surface area contributed by atoms with E-state index in [0.717, 1.165) is 24.5 Å². The molecule has 13 heavy (non-hydrogen) atoms. The number of methoxy groups -OCH3 is 2. The third-order valence-corrected chi connectivity index (χ3v) is 1.91. The van der Waals surface area contributed by atoms with Crippen LogP contribution in [-0.4, -0.2) is 20.8 Å². The number of rotatable bonds is 4. The van der Waals surface area contributed by atoms with Crippen LogP contribution in [0.5, 0.6) is 11.5 Å². The van der Waals surface area contributed by atoms with Gasteiger partial charge in [0.25, 0.3) is 0 Å². The van der Waals surface area contributed by atoms with Crippen LogP contribution in [0.25, 0.3) is 0 Å². The molecule has 0 aliphatic heterocycles. The predicted octanol–water partition coefficient (Wildman–Crippen LogP) is 0.488. The summed E-state index contributed by atoms with van der Waals surface area (Å²) >= 11 is 0. The molecule has 0 bridgehead atoms. The van der Waals surface area contributed by atoms with Crippen LogP contribution in [-0.2, 0) is 6.42 Å². The third-order valence-electron chi connectivity index (χ3n) is 1.91. The van der Waals surface area contributed by atoms with Crippen molar-refractivity contribution in [3.05, 3.63) is 23.8 Å². The Balaban J connectivity index is 2.91. The summed E-state index contributed by atoms with van der Waals surface area (Å²) in [4.78, 5) is 0. The van der Waals surface area contributed by atoms with E-state index in [0.29, 0.717) is 0 Å². The van der Waals surface area contributed by atoms with Gasteiger partial charge in [0, 0.05) is 6.42 Å². The van der Waals surface area contributed by atoms with Crippen molar-refractivity contribution in [3.63, 3.8) is 0 Å². The van der Waals surface area contributed by atoms with Gasteiger partial charge in [-0.15, -0.1) is 0 Å². The van der Waals surface area contributed by atoms with Crippen molar-refractivity contribution in [3.8, 4) is 11.5 Å². The molecule has 0 amide bonds. The smallest absolute Gasteiger partial charge is 0.160 e. The molecule has 0 spiro atoms. The summed E-state index contributed by atoms with van der Waals surface area (Å²) in [7, 11) is 3.28. The highest BCUT2D eigenvalue weighted by molar-refractivity contribution is 5.42. The Labute approximate surface area is 78.5 Å². The Morgan fingerprint density at radius 1 is 1.15 bits per heavy atom. The van der Waals surface area contributed by atoms with E-state index in [9.17, 15) is 0 Å². The van der Waals surface area contributed by atoms with Crippen LogP contribution >= 0.6 is 0 Å². The van der Waals surface area contributed by atoms with Gasteiger partial charge in [-0.3, -0.25) is 0 Å². The zero-order chi connectivity index (χ0) is 9.68. The predicted molar refractivity (Wildman–Crippen MR) is 51.0 cm³/mol. The molecule has 1 rings (SSSR count). The quantitative estimate of drug-likeness (QED) is 0.736. The fraction of sp³-hybridized carbons (Fsp3) is 0.400. The molecule has 0 heterocycles.